The topological polar surface area (TPSA) is 111 Å². The monoisotopic (exact) mass is 1300 g/mol. The van der Waals surface area contributed by atoms with E-state index in [1.807, 2.05) is 21.1 Å². The Kier molecular flexibility index (Phi) is 67.6. The predicted molar refractivity (Wildman–Crippen MR) is 406 cm³/mol. The van der Waals surface area contributed by atoms with E-state index in [4.69, 9.17) is 18.9 Å². The van der Waals surface area contributed by atoms with E-state index >= 15 is 0 Å². The van der Waals surface area contributed by atoms with Crippen LogP contribution in [0.4, 0.5) is 0 Å². The normalized spacial score (nSPS) is 14.2. The Morgan fingerprint density at radius 2 is 0.568 bits per heavy atom. The average Bonchev–Trinajstić information content (AvgIpc) is 3.75. The number of allylic oxidation sites excluding steroid dienone is 40. The van der Waals surface area contributed by atoms with Gasteiger partial charge in [0.25, 0.3) is 0 Å². The number of nitrogens with zero attached hydrogens (tertiary/aromatic N) is 1. The predicted octanol–water partition coefficient (Wildman–Crippen LogP) is 21.9. The number of carboxylic acids is 1. The van der Waals surface area contributed by atoms with E-state index in [9.17, 15) is 19.5 Å². The van der Waals surface area contributed by atoms with Crippen molar-refractivity contribution in [3.8, 4) is 0 Å². The highest BCUT2D eigenvalue weighted by atomic mass is 16.7. The molecule has 0 aromatic carbocycles. The van der Waals surface area contributed by atoms with Gasteiger partial charge < -0.3 is 33.3 Å². The summed E-state index contributed by atoms with van der Waals surface area (Å²) in [5.74, 6) is -2.39. The Balaban J connectivity index is 4.34. The van der Waals surface area contributed by atoms with E-state index in [0.29, 0.717) is 23.9 Å². The number of carbonyl (C=O) groups excluding carboxylic acids is 3. The van der Waals surface area contributed by atoms with Gasteiger partial charge in [0.1, 0.15) is 13.2 Å². The summed E-state index contributed by atoms with van der Waals surface area (Å²) in [6.45, 7) is 4.41. The summed E-state index contributed by atoms with van der Waals surface area (Å²) < 4.78 is 22.7. The van der Waals surface area contributed by atoms with E-state index in [1.54, 1.807) is 0 Å². The summed E-state index contributed by atoms with van der Waals surface area (Å²) in [7, 11) is 5.89. The molecular weight excluding hydrogens is 1170 g/mol. The molecule has 526 valence electrons. The van der Waals surface area contributed by atoms with Crippen LogP contribution in [-0.2, 0) is 33.3 Å². The molecule has 2 unspecified atom stereocenters. The van der Waals surface area contributed by atoms with Crippen molar-refractivity contribution in [2.75, 3.05) is 47.5 Å². The molecule has 0 rings (SSSR count). The van der Waals surface area contributed by atoms with Crippen LogP contribution in [-0.4, -0.2) is 82.3 Å². The zero-order valence-electron chi connectivity index (χ0n) is 59.9. The van der Waals surface area contributed by atoms with Crippen LogP contribution in [0.15, 0.2) is 243 Å². The Bertz CT molecular complexity index is 2470. The van der Waals surface area contributed by atoms with Crippen LogP contribution in [0.5, 0.6) is 0 Å². The van der Waals surface area contributed by atoms with Crippen LogP contribution >= 0.6 is 0 Å². The highest BCUT2D eigenvalue weighted by Crippen LogP contribution is 2.12. The Labute approximate surface area is 580 Å². The number of carboxylic acid groups (broad SMARTS) is 1. The third kappa shape index (κ3) is 74.4. The Hall–Kier alpha value is -6.91. The van der Waals surface area contributed by atoms with Gasteiger partial charge in [0, 0.05) is 12.8 Å². The molecule has 0 heterocycles. The van der Waals surface area contributed by atoms with E-state index in [0.717, 1.165) is 180 Å². The standard InChI is InChI=1S/C86H129NO8/c1-6-8-10-12-14-16-18-20-22-24-26-28-30-32-34-36-38-40-41-42-43-45-47-49-51-53-55-57-59-61-63-65-67-69-71-73-75-77-84(89)95-82(81-94-86(85(90)91)92-79-78-87(3,4)5)80-93-83(88)76-74-72-70-68-66-64-62-60-58-56-54-52-50-48-46-44-39-37-35-33-31-29-27-25-23-21-19-17-15-13-11-9-7-2/h8-11,14-17,20-23,26-29,32-35,38-40,42-44,47-50,53-56,59-62,65,67,82,86H,6-7,12-13,18-19,24-25,30-31,36-37,41,45-46,51-52,57-58,63-64,66,68-81H2,1-5H3/b10-8-,11-9-,16-14-,17-15-,22-20-,23-21-,28-26-,29-27-,34-32-,35-33-,40-38-,43-42-,44-39-,49-47-,50-48-,55-53-,56-54-,61-59-,62-60-,67-65-. The highest BCUT2D eigenvalue weighted by Gasteiger charge is 2.22. The number of rotatable bonds is 63. The second-order valence-corrected chi connectivity index (χ2v) is 24.1. The first-order chi connectivity index (χ1) is 46.6. The molecule has 0 fully saturated rings. The minimum absolute atomic E-state index is 0.123. The molecule has 95 heavy (non-hydrogen) atoms. The fourth-order valence-electron chi connectivity index (χ4n) is 8.65. The number of esters is 2. The lowest BCUT2D eigenvalue weighted by Gasteiger charge is -2.26. The van der Waals surface area contributed by atoms with Crippen LogP contribution in [0.3, 0.4) is 0 Å². The lowest BCUT2D eigenvalue weighted by atomic mass is 10.1. The summed E-state index contributed by atoms with van der Waals surface area (Å²) in [5.41, 5.74) is 0. The van der Waals surface area contributed by atoms with Gasteiger partial charge in [-0.25, -0.2) is 0 Å². The maximum Gasteiger partial charge on any atom is 0.306 e. The lowest BCUT2D eigenvalue weighted by molar-refractivity contribution is -0.870. The van der Waals surface area contributed by atoms with Gasteiger partial charge in [-0.2, -0.15) is 0 Å². The van der Waals surface area contributed by atoms with Crippen molar-refractivity contribution >= 4 is 17.9 Å². The second-order valence-electron chi connectivity index (χ2n) is 24.1. The number of ether oxygens (including phenoxy) is 4. The van der Waals surface area contributed by atoms with E-state index in [-0.39, 0.29) is 32.7 Å². The van der Waals surface area contributed by atoms with Gasteiger partial charge in [0.2, 0.25) is 0 Å². The lowest BCUT2D eigenvalue weighted by Crippen LogP contribution is -2.44. The summed E-state index contributed by atoms with van der Waals surface area (Å²) in [6.07, 6.45) is 115. The highest BCUT2D eigenvalue weighted by molar-refractivity contribution is 5.70. The number of hydrogen-bond acceptors (Lipinski definition) is 8. The van der Waals surface area contributed by atoms with Crippen molar-refractivity contribution in [2.45, 2.75) is 232 Å². The maximum absolute atomic E-state index is 12.9. The molecule has 0 aromatic rings. The molecule has 0 aliphatic carbocycles. The number of carbonyl (C=O) groups is 3. The molecular formula is C86H129NO8. The third-order valence-corrected chi connectivity index (χ3v) is 14.1. The van der Waals surface area contributed by atoms with Gasteiger partial charge in [-0.05, 0) is 167 Å². The molecule has 0 spiro atoms. The Morgan fingerprint density at radius 1 is 0.316 bits per heavy atom. The molecule has 0 bridgehead atoms. The molecule has 0 saturated heterocycles. The van der Waals surface area contributed by atoms with E-state index in [1.165, 1.54) is 0 Å². The van der Waals surface area contributed by atoms with E-state index < -0.39 is 30.3 Å². The second kappa shape index (κ2) is 72.9. The van der Waals surface area contributed by atoms with Crippen LogP contribution in [0.25, 0.3) is 0 Å². The largest absolute Gasteiger partial charge is 0.545 e. The van der Waals surface area contributed by atoms with Gasteiger partial charge in [-0.15, -0.1) is 0 Å². The molecule has 0 saturated carbocycles. The molecule has 0 N–H and O–H groups in total. The first-order valence-electron chi connectivity index (χ1n) is 36.2. The molecule has 9 heteroatoms. The minimum Gasteiger partial charge on any atom is -0.545 e. The number of unbranched alkanes of at least 4 members (excludes halogenated alkanes) is 8. The van der Waals surface area contributed by atoms with E-state index in [2.05, 4.69) is 257 Å². The summed E-state index contributed by atoms with van der Waals surface area (Å²) in [4.78, 5) is 37.5. The summed E-state index contributed by atoms with van der Waals surface area (Å²) in [5, 5.41) is 11.8. The number of likely N-dealkylation sites (N-methyl/N-ethyl adjacent to an activating group) is 1. The van der Waals surface area contributed by atoms with Crippen molar-refractivity contribution in [3.05, 3.63) is 243 Å². The molecule has 9 nitrogen and oxygen atoms in total. The van der Waals surface area contributed by atoms with Crippen LogP contribution < -0.4 is 5.11 Å². The molecule has 0 aliphatic heterocycles. The van der Waals surface area contributed by atoms with Gasteiger partial charge >= 0.3 is 11.9 Å². The van der Waals surface area contributed by atoms with Crippen LogP contribution in [0.2, 0.25) is 0 Å². The van der Waals surface area contributed by atoms with Gasteiger partial charge in [0.05, 0.1) is 40.3 Å². The van der Waals surface area contributed by atoms with Gasteiger partial charge in [-0.1, -0.05) is 283 Å². The van der Waals surface area contributed by atoms with Crippen molar-refractivity contribution in [1.82, 2.24) is 0 Å². The van der Waals surface area contributed by atoms with Gasteiger partial charge in [-0.3, -0.25) is 9.59 Å². The SMILES string of the molecule is CC/C=C\C/C=C\C/C=C\C/C=C\C/C=C\C/C=C\C/C=C\C/C=C\C/C=C\C/C=C\C/C=C\CCCCCC(=O)OC(COC(=O)CCCCCCC/C=C\C/C=C\C/C=C\C/C=C\C/C=C\C/C=C\C/C=C\C/C=C\C/C=C\CC)COC(OCC[N+](C)(C)C)C(=O)[O-]. The van der Waals surface area contributed by atoms with Crippen molar-refractivity contribution < 1.29 is 42.9 Å². The Morgan fingerprint density at radius 3 is 0.853 bits per heavy atom. The molecule has 0 aliphatic rings. The van der Waals surface area contributed by atoms with Crippen molar-refractivity contribution in [3.63, 3.8) is 0 Å². The third-order valence-electron chi connectivity index (χ3n) is 14.1. The van der Waals surface area contributed by atoms with Crippen molar-refractivity contribution in [1.29, 1.82) is 0 Å². The summed E-state index contributed by atoms with van der Waals surface area (Å²) in [6, 6.07) is 0. The zero-order valence-corrected chi connectivity index (χ0v) is 59.9. The maximum atomic E-state index is 12.9. The molecule has 0 amide bonds. The average molecular weight is 1300 g/mol. The quantitative estimate of drug-likeness (QED) is 0.0195. The van der Waals surface area contributed by atoms with Crippen molar-refractivity contribution in [2.24, 2.45) is 0 Å². The first-order valence-corrected chi connectivity index (χ1v) is 36.2. The minimum atomic E-state index is -1.65. The zero-order chi connectivity index (χ0) is 69.0. The number of aliphatic carboxylic acids is 1. The smallest absolute Gasteiger partial charge is 0.306 e. The first kappa shape index (κ1) is 88.1. The molecule has 2 atom stereocenters. The van der Waals surface area contributed by atoms with Crippen LogP contribution in [0, 0.1) is 0 Å². The molecule has 0 radical (unpaired) electrons. The number of quaternary nitrogens is 1. The van der Waals surface area contributed by atoms with Crippen LogP contribution in [0.1, 0.15) is 219 Å². The number of hydrogen-bond donors (Lipinski definition) is 0. The molecule has 0 aromatic heterocycles. The summed E-state index contributed by atoms with van der Waals surface area (Å²) >= 11 is 0. The fraction of sp³-hybridized carbons (Fsp3) is 0.500. The fourth-order valence-corrected chi connectivity index (χ4v) is 8.65. The van der Waals surface area contributed by atoms with Gasteiger partial charge in [0.15, 0.2) is 12.4 Å².